The fourth-order valence-electron chi connectivity index (χ4n) is 4.21. The SMILES string of the molecule is O=C(NC1=CC=C(c2cccc(C(F)(F)F)c2)NN1)c1ccc(Oc2cc3c(cc2Cl)C(C(=O)O)CCO3)cc1. The van der Waals surface area contributed by atoms with E-state index in [1.165, 1.54) is 36.4 Å². The molecular weight excluding hydrogens is 551 g/mol. The van der Waals surface area contributed by atoms with Crippen LogP contribution in [0.5, 0.6) is 17.2 Å². The standard InChI is InChI=1S/C28H21ClF3N3O5/c29-21-13-20-19(27(37)38)10-11-39-23(20)14-24(21)40-18-6-4-15(5-7-18)26(36)33-25-9-8-22(34-35-25)16-2-1-3-17(12-16)28(30,31)32/h1-9,12-14,19,34-35H,10-11H2,(H,33,36)(H,37,38). The predicted octanol–water partition coefficient (Wildman–Crippen LogP) is 5.82. The topological polar surface area (TPSA) is 109 Å². The lowest BCUT2D eigenvalue weighted by Gasteiger charge is -2.24. The number of carbonyl (C=O) groups excluding carboxylic acids is 1. The van der Waals surface area contributed by atoms with Gasteiger partial charge >= 0.3 is 12.1 Å². The number of benzene rings is 3. The average Bonchev–Trinajstić information content (AvgIpc) is 2.93. The van der Waals surface area contributed by atoms with Crippen molar-refractivity contribution < 1.29 is 37.3 Å². The van der Waals surface area contributed by atoms with Crippen molar-refractivity contribution in [2.75, 3.05) is 6.61 Å². The Morgan fingerprint density at radius 3 is 2.50 bits per heavy atom. The third-order valence-corrected chi connectivity index (χ3v) is 6.54. The number of carboxylic acids is 1. The van der Waals surface area contributed by atoms with Gasteiger partial charge in [-0.1, -0.05) is 23.7 Å². The zero-order valence-corrected chi connectivity index (χ0v) is 21.3. The van der Waals surface area contributed by atoms with Crippen molar-refractivity contribution in [2.24, 2.45) is 0 Å². The first-order valence-electron chi connectivity index (χ1n) is 12.0. The molecule has 0 bridgehead atoms. The summed E-state index contributed by atoms with van der Waals surface area (Å²) in [6.45, 7) is 0.262. The van der Waals surface area contributed by atoms with E-state index in [1.54, 1.807) is 24.3 Å². The quantitative estimate of drug-likeness (QED) is 0.295. The zero-order valence-electron chi connectivity index (χ0n) is 20.5. The molecular formula is C28H21ClF3N3O5. The number of halogens is 4. The van der Waals surface area contributed by atoms with Gasteiger partial charge in [0.05, 0.1) is 28.8 Å². The van der Waals surface area contributed by atoms with Gasteiger partial charge in [0.1, 0.15) is 23.1 Å². The first kappa shape index (κ1) is 26.9. The number of amides is 1. The van der Waals surface area contributed by atoms with Gasteiger partial charge < -0.3 is 19.9 Å². The number of ether oxygens (including phenoxy) is 2. The number of hydrogen-bond donors (Lipinski definition) is 4. The van der Waals surface area contributed by atoms with Crippen LogP contribution in [0, 0.1) is 0 Å². The zero-order chi connectivity index (χ0) is 28.4. The summed E-state index contributed by atoms with van der Waals surface area (Å²) < 4.78 is 50.4. The summed E-state index contributed by atoms with van der Waals surface area (Å²) in [5.74, 6) is -0.764. The molecule has 2 aliphatic heterocycles. The lowest BCUT2D eigenvalue weighted by molar-refractivity contribution is -0.139. The van der Waals surface area contributed by atoms with Crippen LogP contribution >= 0.6 is 11.6 Å². The fraction of sp³-hybridized carbons (Fsp3) is 0.143. The Bertz CT molecular complexity index is 1540. The van der Waals surface area contributed by atoms with Crippen molar-refractivity contribution in [1.82, 2.24) is 16.2 Å². The second kappa shape index (κ2) is 10.9. The van der Waals surface area contributed by atoms with E-state index in [0.29, 0.717) is 46.1 Å². The van der Waals surface area contributed by atoms with Crippen LogP contribution in [0.4, 0.5) is 13.2 Å². The van der Waals surface area contributed by atoms with Crippen LogP contribution in [0.15, 0.2) is 78.6 Å². The smallest absolute Gasteiger partial charge is 0.416 e. The van der Waals surface area contributed by atoms with Gasteiger partial charge in [0.2, 0.25) is 0 Å². The van der Waals surface area contributed by atoms with Gasteiger partial charge in [-0.2, -0.15) is 13.2 Å². The number of allylic oxidation sites excluding steroid dienone is 2. The number of aliphatic carboxylic acids is 1. The van der Waals surface area contributed by atoms with Gasteiger partial charge in [-0.05, 0) is 66.6 Å². The Kier molecular flexibility index (Phi) is 7.31. The largest absolute Gasteiger partial charge is 0.493 e. The van der Waals surface area contributed by atoms with E-state index in [9.17, 15) is 27.9 Å². The number of hydrogen-bond acceptors (Lipinski definition) is 6. The van der Waals surface area contributed by atoms with E-state index >= 15 is 0 Å². The molecule has 1 unspecified atom stereocenters. The van der Waals surface area contributed by atoms with Crippen molar-refractivity contribution in [3.63, 3.8) is 0 Å². The van der Waals surface area contributed by atoms with E-state index in [-0.39, 0.29) is 17.4 Å². The summed E-state index contributed by atoms with van der Waals surface area (Å²) in [4.78, 5) is 24.2. The fourth-order valence-corrected chi connectivity index (χ4v) is 4.42. The number of carbonyl (C=O) groups is 2. The maximum Gasteiger partial charge on any atom is 0.416 e. The normalized spacial score (nSPS) is 16.2. The molecule has 40 heavy (non-hydrogen) atoms. The second-order valence-electron chi connectivity index (χ2n) is 8.92. The predicted molar refractivity (Wildman–Crippen MR) is 140 cm³/mol. The molecule has 5 rings (SSSR count). The van der Waals surface area contributed by atoms with Gasteiger partial charge in [0, 0.05) is 17.2 Å². The molecule has 206 valence electrons. The van der Waals surface area contributed by atoms with Gasteiger partial charge in [0.15, 0.2) is 0 Å². The molecule has 0 aromatic heterocycles. The molecule has 2 aliphatic rings. The van der Waals surface area contributed by atoms with E-state index in [4.69, 9.17) is 21.1 Å². The number of nitrogens with one attached hydrogen (secondary N) is 3. The molecule has 0 aliphatic carbocycles. The minimum absolute atomic E-state index is 0.220. The third-order valence-electron chi connectivity index (χ3n) is 6.24. The number of carboxylic acid groups (broad SMARTS) is 1. The number of fused-ring (bicyclic) bond motifs is 1. The lowest BCUT2D eigenvalue weighted by Crippen LogP contribution is -2.40. The van der Waals surface area contributed by atoms with Crippen molar-refractivity contribution in [2.45, 2.75) is 18.5 Å². The van der Waals surface area contributed by atoms with Gasteiger partial charge in [-0.25, -0.2) is 0 Å². The molecule has 0 saturated heterocycles. The van der Waals surface area contributed by atoms with Crippen molar-refractivity contribution in [3.8, 4) is 17.2 Å². The highest BCUT2D eigenvalue weighted by Gasteiger charge is 2.31. The van der Waals surface area contributed by atoms with Gasteiger partial charge in [0.25, 0.3) is 5.91 Å². The highest BCUT2D eigenvalue weighted by Crippen LogP contribution is 2.42. The average molecular weight is 572 g/mol. The molecule has 0 saturated carbocycles. The van der Waals surface area contributed by atoms with Crippen LogP contribution in [-0.4, -0.2) is 23.6 Å². The van der Waals surface area contributed by atoms with Crippen molar-refractivity contribution in [1.29, 1.82) is 0 Å². The maximum absolute atomic E-state index is 13.0. The first-order chi connectivity index (χ1) is 19.1. The van der Waals surface area contributed by atoms with Gasteiger partial charge in [-0.15, -0.1) is 0 Å². The number of rotatable bonds is 6. The molecule has 0 spiro atoms. The maximum atomic E-state index is 13.0. The highest BCUT2D eigenvalue weighted by molar-refractivity contribution is 6.32. The molecule has 0 radical (unpaired) electrons. The Balaban J connectivity index is 1.24. The summed E-state index contributed by atoms with van der Waals surface area (Å²) in [6.07, 6.45) is -1.04. The van der Waals surface area contributed by atoms with Crippen LogP contribution in [0.3, 0.4) is 0 Å². The molecule has 8 nitrogen and oxygen atoms in total. The van der Waals surface area contributed by atoms with Crippen molar-refractivity contribution >= 4 is 29.2 Å². The first-order valence-corrected chi connectivity index (χ1v) is 12.4. The monoisotopic (exact) mass is 571 g/mol. The lowest BCUT2D eigenvalue weighted by atomic mass is 9.93. The van der Waals surface area contributed by atoms with E-state index in [1.807, 2.05) is 0 Å². The number of hydrazine groups is 1. The Morgan fingerprint density at radius 1 is 1.05 bits per heavy atom. The second-order valence-corrected chi connectivity index (χ2v) is 9.33. The van der Waals surface area contributed by atoms with Crippen LogP contribution in [0.2, 0.25) is 5.02 Å². The number of alkyl halides is 3. The third kappa shape index (κ3) is 5.84. The summed E-state index contributed by atoms with van der Waals surface area (Å²) in [5.41, 5.74) is 6.29. The minimum Gasteiger partial charge on any atom is -0.493 e. The summed E-state index contributed by atoms with van der Waals surface area (Å²) in [6, 6.07) is 14.1. The Morgan fingerprint density at radius 2 is 1.82 bits per heavy atom. The Hall–Kier alpha value is -4.64. The van der Waals surface area contributed by atoms with E-state index < -0.39 is 29.5 Å². The van der Waals surface area contributed by atoms with Crippen LogP contribution in [-0.2, 0) is 11.0 Å². The van der Waals surface area contributed by atoms with Crippen LogP contribution in [0.1, 0.15) is 39.4 Å². The highest BCUT2D eigenvalue weighted by atomic mass is 35.5. The van der Waals surface area contributed by atoms with E-state index in [0.717, 1.165) is 12.1 Å². The molecule has 3 aromatic rings. The molecule has 1 atom stereocenters. The molecule has 2 heterocycles. The summed E-state index contributed by atoms with van der Waals surface area (Å²) >= 11 is 6.34. The minimum atomic E-state index is -4.46. The summed E-state index contributed by atoms with van der Waals surface area (Å²) in [5, 5.41) is 12.3. The van der Waals surface area contributed by atoms with Gasteiger partial charge in [-0.3, -0.25) is 20.4 Å². The van der Waals surface area contributed by atoms with Crippen molar-refractivity contribution in [3.05, 3.63) is 106 Å². The van der Waals surface area contributed by atoms with Crippen LogP contribution in [0.25, 0.3) is 5.70 Å². The molecule has 3 aromatic carbocycles. The van der Waals surface area contributed by atoms with E-state index in [2.05, 4.69) is 16.2 Å². The molecule has 4 N–H and O–H groups in total. The Labute approximate surface area is 231 Å². The molecule has 0 fully saturated rings. The summed E-state index contributed by atoms with van der Waals surface area (Å²) in [7, 11) is 0. The molecule has 12 heteroatoms. The molecule has 1 amide bonds. The van der Waals surface area contributed by atoms with Crippen LogP contribution < -0.4 is 25.6 Å².